The summed E-state index contributed by atoms with van der Waals surface area (Å²) in [5.74, 6) is -5.84. The zero-order chi connectivity index (χ0) is 29.5. The van der Waals surface area contributed by atoms with Crippen molar-refractivity contribution in [1.82, 2.24) is 4.90 Å². The van der Waals surface area contributed by atoms with Gasteiger partial charge in [0.15, 0.2) is 11.6 Å². The molecule has 0 fully saturated rings. The van der Waals surface area contributed by atoms with Crippen LogP contribution >= 0.6 is 0 Å². The molecule has 0 amide bonds. The maximum absolute atomic E-state index is 15.4. The number of carbonyl (C=O) groups excluding carboxylic acids is 1. The molecule has 0 radical (unpaired) electrons. The van der Waals surface area contributed by atoms with Gasteiger partial charge in [0.2, 0.25) is 0 Å². The Hall–Kier alpha value is -3.13. The highest BCUT2D eigenvalue weighted by molar-refractivity contribution is 7.88. The number of carbonyl (C=O) groups is 1. The van der Waals surface area contributed by atoms with Crippen molar-refractivity contribution in [1.29, 1.82) is 0 Å². The van der Waals surface area contributed by atoms with Gasteiger partial charge in [-0.3, -0.25) is 4.90 Å². The van der Waals surface area contributed by atoms with Gasteiger partial charge in [0.05, 0.1) is 13.2 Å². The molecule has 0 aromatic heterocycles. The first-order chi connectivity index (χ1) is 17.8. The minimum atomic E-state index is -6.21. The molecule has 0 aliphatic carbocycles. The van der Waals surface area contributed by atoms with Crippen molar-refractivity contribution in [2.75, 3.05) is 13.7 Å². The van der Waals surface area contributed by atoms with Crippen LogP contribution in [0.1, 0.15) is 49.1 Å². The summed E-state index contributed by atoms with van der Waals surface area (Å²) < 4.78 is 130. The van der Waals surface area contributed by atoms with Crippen LogP contribution in [0.4, 0.5) is 30.7 Å². The van der Waals surface area contributed by atoms with Gasteiger partial charge in [-0.25, -0.2) is 22.4 Å². The monoisotopic (exact) mass is 583 g/mol. The summed E-state index contributed by atoms with van der Waals surface area (Å²) in [5.41, 5.74) is -8.47. The van der Waals surface area contributed by atoms with Crippen molar-refractivity contribution in [3.8, 4) is 5.75 Å². The van der Waals surface area contributed by atoms with Crippen LogP contribution in [0.25, 0.3) is 6.08 Å². The number of hydrogen-bond acceptors (Lipinski definition) is 6. The van der Waals surface area contributed by atoms with E-state index in [9.17, 15) is 35.2 Å². The lowest BCUT2D eigenvalue weighted by atomic mass is 9.83. The van der Waals surface area contributed by atoms with Crippen LogP contribution in [0, 0.1) is 17.5 Å². The van der Waals surface area contributed by atoms with E-state index < -0.39 is 68.1 Å². The van der Waals surface area contributed by atoms with E-state index in [1.807, 2.05) is 0 Å². The molecule has 2 atom stereocenters. The molecule has 0 bridgehead atoms. The lowest BCUT2D eigenvalue weighted by molar-refractivity contribution is -0.134. The highest BCUT2D eigenvalue weighted by atomic mass is 32.2. The molecule has 0 saturated heterocycles. The molecule has 1 aliphatic heterocycles. The van der Waals surface area contributed by atoms with Gasteiger partial charge < -0.3 is 8.92 Å². The summed E-state index contributed by atoms with van der Waals surface area (Å²) >= 11 is 0. The second-order valence-electron chi connectivity index (χ2n) is 9.57. The van der Waals surface area contributed by atoms with Crippen LogP contribution in [0.15, 0.2) is 30.3 Å². The van der Waals surface area contributed by atoms with Gasteiger partial charge in [-0.1, -0.05) is 0 Å². The SMILES string of the molecule is COC(=O)/C=C/c1cc(F)c(C2c3cc(F)c(OS(=O)(=O)C(F)(F)F)cc3CC(C)N2CC(C)(C)F)c(F)c1. The standard InChI is InChI=1S/C25H24F7NO5S/c1-13-7-15-10-20(38-39(35,36)25(30,31)32)17(26)11-16(15)23(33(13)12-24(2,3)29)22-18(27)8-14(9-19(22)28)5-6-21(34)37-4/h5-6,8-11,13,23H,7,12H2,1-4H3/b6-5+. The molecule has 3 rings (SSSR count). The van der Waals surface area contributed by atoms with E-state index in [1.165, 1.54) is 18.7 Å². The number of methoxy groups -OCH3 is 1. The predicted molar refractivity (Wildman–Crippen MR) is 126 cm³/mol. The Labute approximate surface area is 220 Å². The molecule has 1 aliphatic rings. The van der Waals surface area contributed by atoms with Gasteiger partial charge in [0, 0.05) is 24.2 Å². The van der Waals surface area contributed by atoms with E-state index >= 15 is 8.78 Å². The minimum absolute atomic E-state index is 0.0441. The Morgan fingerprint density at radius 2 is 1.64 bits per heavy atom. The summed E-state index contributed by atoms with van der Waals surface area (Å²) in [7, 11) is -5.10. The normalized spacial score (nSPS) is 18.7. The van der Waals surface area contributed by atoms with Crippen molar-refractivity contribution in [3.63, 3.8) is 0 Å². The Bertz CT molecular complexity index is 1380. The molecule has 214 valence electrons. The molecule has 1 heterocycles. The van der Waals surface area contributed by atoms with Crippen molar-refractivity contribution in [3.05, 3.63) is 70.0 Å². The lowest BCUT2D eigenvalue weighted by Crippen LogP contribution is -2.48. The highest BCUT2D eigenvalue weighted by Crippen LogP contribution is 2.43. The van der Waals surface area contributed by atoms with E-state index in [-0.39, 0.29) is 29.7 Å². The number of hydrogen-bond donors (Lipinski definition) is 0. The summed E-state index contributed by atoms with van der Waals surface area (Å²) in [6.45, 7) is 3.63. The number of rotatable bonds is 7. The number of esters is 1. The van der Waals surface area contributed by atoms with Crippen LogP contribution in [0.3, 0.4) is 0 Å². The predicted octanol–water partition coefficient (Wildman–Crippen LogP) is 5.60. The molecular formula is C25H24F7NO5S. The van der Waals surface area contributed by atoms with Crippen LogP contribution in [-0.2, 0) is 26.1 Å². The van der Waals surface area contributed by atoms with Crippen LogP contribution in [-0.4, -0.2) is 50.2 Å². The fraction of sp³-hybridized carbons (Fsp3) is 0.400. The average Bonchev–Trinajstić information content (AvgIpc) is 2.78. The summed E-state index contributed by atoms with van der Waals surface area (Å²) in [4.78, 5) is 12.7. The fourth-order valence-corrected chi connectivity index (χ4v) is 4.79. The zero-order valence-electron chi connectivity index (χ0n) is 21.1. The van der Waals surface area contributed by atoms with Crippen LogP contribution < -0.4 is 4.18 Å². The third-order valence-corrected chi connectivity index (χ3v) is 6.90. The molecule has 6 nitrogen and oxygen atoms in total. The fourth-order valence-electron chi connectivity index (χ4n) is 4.34. The second-order valence-corrected chi connectivity index (χ2v) is 11.1. The first-order valence-corrected chi connectivity index (χ1v) is 12.8. The molecule has 0 saturated carbocycles. The number of alkyl halides is 4. The van der Waals surface area contributed by atoms with Crippen molar-refractivity contribution in [2.24, 2.45) is 0 Å². The molecule has 14 heteroatoms. The Morgan fingerprint density at radius 3 is 2.15 bits per heavy atom. The van der Waals surface area contributed by atoms with Crippen LogP contribution in [0.5, 0.6) is 5.75 Å². The topological polar surface area (TPSA) is 72.9 Å². The smallest absolute Gasteiger partial charge is 0.466 e. The maximum atomic E-state index is 15.4. The first kappa shape index (κ1) is 30.4. The third-order valence-electron chi connectivity index (χ3n) is 5.93. The molecule has 2 unspecified atom stereocenters. The van der Waals surface area contributed by atoms with Gasteiger partial charge in [0.25, 0.3) is 0 Å². The van der Waals surface area contributed by atoms with E-state index in [4.69, 9.17) is 0 Å². The van der Waals surface area contributed by atoms with Crippen molar-refractivity contribution in [2.45, 2.75) is 50.5 Å². The van der Waals surface area contributed by atoms with E-state index in [0.29, 0.717) is 6.07 Å². The summed E-state index contributed by atoms with van der Waals surface area (Å²) in [6, 6.07) is 0.972. The Kier molecular flexibility index (Phi) is 8.42. The van der Waals surface area contributed by atoms with Crippen LogP contribution in [0.2, 0.25) is 0 Å². The quantitative estimate of drug-likeness (QED) is 0.139. The van der Waals surface area contributed by atoms with Gasteiger partial charge in [-0.15, -0.1) is 0 Å². The number of ether oxygens (including phenoxy) is 1. The maximum Gasteiger partial charge on any atom is 0.534 e. The Morgan fingerprint density at radius 1 is 1.05 bits per heavy atom. The van der Waals surface area contributed by atoms with Gasteiger partial charge in [-0.05, 0) is 74.2 Å². The average molecular weight is 584 g/mol. The van der Waals surface area contributed by atoms with Crippen molar-refractivity contribution >= 4 is 22.2 Å². The largest absolute Gasteiger partial charge is 0.534 e. The summed E-state index contributed by atoms with van der Waals surface area (Å²) in [6.07, 6.45) is 1.95. The number of benzene rings is 2. The van der Waals surface area contributed by atoms with Crippen molar-refractivity contribution < 1.29 is 52.9 Å². The minimum Gasteiger partial charge on any atom is -0.466 e. The lowest BCUT2D eigenvalue weighted by Gasteiger charge is -2.44. The van der Waals surface area contributed by atoms with E-state index in [1.54, 1.807) is 6.92 Å². The van der Waals surface area contributed by atoms with Gasteiger partial charge >= 0.3 is 21.6 Å². The number of halogens is 7. The van der Waals surface area contributed by atoms with Gasteiger partial charge in [0.1, 0.15) is 17.3 Å². The molecule has 2 aromatic rings. The molecule has 0 spiro atoms. The molecule has 2 aromatic carbocycles. The van der Waals surface area contributed by atoms with E-state index in [2.05, 4.69) is 8.92 Å². The van der Waals surface area contributed by atoms with E-state index in [0.717, 1.165) is 37.5 Å². The molecular weight excluding hydrogens is 559 g/mol. The van der Waals surface area contributed by atoms with Gasteiger partial charge in [-0.2, -0.15) is 21.6 Å². The second kappa shape index (κ2) is 10.8. The highest BCUT2D eigenvalue weighted by Gasteiger charge is 2.49. The Balaban J connectivity index is 2.20. The first-order valence-electron chi connectivity index (χ1n) is 11.4. The zero-order valence-corrected chi connectivity index (χ0v) is 21.9. The molecule has 39 heavy (non-hydrogen) atoms. The number of fused-ring (bicyclic) bond motifs is 1. The molecule has 0 N–H and O–H groups in total. The number of nitrogens with zero attached hydrogens (tertiary/aromatic N) is 1. The third kappa shape index (κ3) is 6.72. The summed E-state index contributed by atoms with van der Waals surface area (Å²) in [5, 5.41) is 0.